The summed E-state index contributed by atoms with van der Waals surface area (Å²) in [6.45, 7) is 6.37. The lowest BCUT2D eigenvalue weighted by Crippen LogP contribution is -2.30. The summed E-state index contributed by atoms with van der Waals surface area (Å²) in [5.41, 5.74) is 0. The smallest absolute Gasteiger partial charge is 0.306 e. The molecule has 0 aliphatic rings. The van der Waals surface area contributed by atoms with E-state index in [4.69, 9.17) is 14.2 Å². The van der Waals surface area contributed by atoms with Crippen molar-refractivity contribution in [3.63, 3.8) is 0 Å². The molecule has 0 N–H and O–H groups in total. The van der Waals surface area contributed by atoms with E-state index in [1.165, 1.54) is 64.2 Å². The van der Waals surface area contributed by atoms with Crippen LogP contribution in [0.1, 0.15) is 220 Å². The van der Waals surface area contributed by atoms with Crippen molar-refractivity contribution in [3.8, 4) is 0 Å². The van der Waals surface area contributed by atoms with Crippen LogP contribution in [0.15, 0.2) is 97.2 Å². The zero-order valence-corrected chi connectivity index (χ0v) is 40.1. The molecule has 352 valence electrons. The normalized spacial score (nSPS) is 12.9. The molecule has 0 saturated carbocycles. The molecule has 6 heteroatoms. The molecule has 0 fully saturated rings. The number of carbonyl (C=O) groups excluding carboxylic acids is 3. The summed E-state index contributed by atoms with van der Waals surface area (Å²) in [7, 11) is 0. The number of ether oxygens (including phenoxy) is 3. The molecule has 0 spiro atoms. The average Bonchev–Trinajstić information content (AvgIpc) is 3.27. The Morgan fingerprint density at radius 1 is 0.355 bits per heavy atom. The molecule has 0 aromatic rings. The molecule has 0 amide bonds. The van der Waals surface area contributed by atoms with Crippen LogP contribution in [-0.2, 0) is 28.6 Å². The van der Waals surface area contributed by atoms with Gasteiger partial charge in [0.2, 0.25) is 0 Å². The van der Waals surface area contributed by atoms with Crippen LogP contribution >= 0.6 is 0 Å². The first-order valence-electron chi connectivity index (χ1n) is 25.3. The van der Waals surface area contributed by atoms with E-state index >= 15 is 0 Å². The zero-order chi connectivity index (χ0) is 45.1. The van der Waals surface area contributed by atoms with Crippen LogP contribution in [0.2, 0.25) is 0 Å². The van der Waals surface area contributed by atoms with Crippen LogP contribution in [0.25, 0.3) is 0 Å². The van der Waals surface area contributed by atoms with Crippen molar-refractivity contribution in [2.45, 2.75) is 226 Å². The van der Waals surface area contributed by atoms with Gasteiger partial charge in [-0.25, -0.2) is 0 Å². The largest absolute Gasteiger partial charge is 0.462 e. The predicted octanol–water partition coefficient (Wildman–Crippen LogP) is 16.6. The van der Waals surface area contributed by atoms with E-state index in [-0.39, 0.29) is 31.6 Å². The minimum absolute atomic E-state index is 0.120. The monoisotopic (exact) mass is 861 g/mol. The first-order chi connectivity index (χ1) is 30.5. The Bertz CT molecular complexity index is 1260. The Labute approximate surface area is 381 Å². The van der Waals surface area contributed by atoms with Gasteiger partial charge in [0.15, 0.2) is 6.10 Å². The fraction of sp³-hybridized carbons (Fsp3) is 0.661. The molecule has 0 rings (SSSR count). The Morgan fingerprint density at radius 2 is 0.726 bits per heavy atom. The van der Waals surface area contributed by atoms with Gasteiger partial charge in [-0.1, -0.05) is 201 Å². The maximum Gasteiger partial charge on any atom is 0.306 e. The van der Waals surface area contributed by atoms with Gasteiger partial charge in [-0.05, 0) is 96.3 Å². The molecule has 0 aliphatic heterocycles. The summed E-state index contributed by atoms with van der Waals surface area (Å²) in [5.74, 6) is -1.04. The highest BCUT2D eigenvalue weighted by Crippen LogP contribution is 2.12. The maximum atomic E-state index is 12.7. The second kappa shape index (κ2) is 50.0. The minimum atomic E-state index is -0.827. The maximum absolute atomic E-state index is 12.7. The van der Waals surface area contributed by atoms with E-state index in [0.29, 0.717) is 19.3 Å². The summed E-state index contributed by atoms with van der Waals surface area (Å²) in [5, 5.41) is 0. The molecule has 0 aliphatic carbocycles. The summed E-state index contributed by atoms with van der Waals surface area (Å²) in [4.78, 5) is 37.8. The standard InChI is InChI=1S/C56H92O6/c1-4-7-10-13-16-19-22-24-26-28-29-31-32-34-37-40-43-46-49-55(58)61-52-53(51-60-54(57)48-45-42-39-36-21-18-15-12-9-6-3)62-56(59)50-47-44-41-38-35-33-30-27-25-23-20-17-14-11-8-5-2/h8,11,15,17-18,20,25-29,31,33,35,41,44,53H,4-7,9-10,12-14,16,19,21-24,30,32,34,36-40,42-43,45-52H2,1-3H3/b11-8-,18-15-,20-17-,27-25-,28-26-,31-29-,35-33-,44-41-. The molecule has 62 heavy (non-hydrogen) atoms. The van der Waals surface area contributed by atoms with E-state index < -0.39 is 12.1 Å². The van der Waals surface area contributed by atoms with Gasteiger partial charge in [0, 0.05) is 19.3 Å². The summed E-state index contributed by atoms with van der Waals surface area (Å²) < 4.78 is 16.7. The van der Waals surface area contributed by atoms with Gasteiger partial charge in [0.25, 0.3) is 0 Å². The number of carbonyl (C=O) groups is 3. The third-order valence-electron chi connectivity index (χ3n) is 10.3. The molecule has 1 unspecified atom stereocenters. The van der Waals surface area contributed by atoms with Crippen molar-refractivity contribution in [2.24, 2.45) is 0 Å². The van der Waals surface area contributed by atoms with Crippen LogP contribution in [0.4, 0.5) is 0 Å². The number of hydrogen-bond donors (Lipinski definition) is 0. The zero-order valence-electron chi connectivity index (χ0n) is 40.1. The van der Waals surface area contributed by atoms with Gasteiger partial charge >= 0.3 is 17.9 Å². The Hall–Kier alpha value is -3.67. The highest BCUT2D eigenvalue weighted by atomic mass is 16.6. The first-order valence-corrected chi connectivity index (χ1v) is 25.3. The Morgan fingerprint density at radius 3 is 1.19 bits per heavy atom. The molecule has 0 aromatic heterocycles. The number of esters is 3. The molecular formula is C56H92O6. The second-order valence-corrected chi connectivity index (χ2v) is 16.4. The van der Waals surface area contributed by atoms with Crippen LogP contribution in [-0.4, -0.2) is 37.2 Å². The molecular weight excluding hydrogens is 769 g/mol. The summed E-state index contributed by atoms with van der Waals surface area (Å²) in [6.07, 6.45) is 65.5. The second-order valence-electron chi connectivity index (χ2n) is 16.4. The van der Waals surface area contributed by atoms with Gasteiger partial charge < -0.3 is 14.2 Å². The summed E-state index contributed by atoms with van der Waals surface area (Å²) in [6, 6.07) is 0. The van der Waals surface area contributed by atoms with Gasteiger partial charge in [0.05, 0.1) is 0 Å². The van der Waals surface area contributed by atoms with Crippen molar-refractivity contribution in [1.82, 2.24) is 0 Å². The van der Waals surface area contributed by atoms with E-state index in [2.05, 4.69) is 106 Å². The molecule has 6 nitrogen and oxygen atoms in total. The SMILES string of the molecule is CC/C=C\C/C=C\C/C=C\C/C=C\C/C=C\CCC(=O)OC(COC(=O)CCCCCC/C=C\CCCC)COC(=O)CCCCCCC/C=C\C=C/CCCCCCCCC. The molecule has 0 aromatic carbocycles. The minimum Gasteiger partial charge on any atom is -0.462 e. The van der Waals surface area contributed by atoms with Crippen molar-refractivity contribution >= 4 is 17.9 Å². The molecule has 1 atom stereocenters. The Kier molecular flexibility index (Phi) is 47.0. The average molecular weight is 861 g/mol. The van der Waals surface area contributed by atoms with Crippen molar-refractivity contribution < 1.29 is 28.6 Å². The van der Waals surface area contributed by atoms with Crippen LogP contribution < -0.4 is 0 Å². The topological polar surface area (TPSA) is 78.9 Å². The van der Waals surface area contributed by atoms with Gasteiger partial charge in [-0.2, -0.15) is 0 Å². The quantitative estimate of drug-likeness (QED) is 0.0200. The van der Waals surface area contributed by atoms with Crippen molar-refractivity contribution in [1.29, 1.82) is 0 Å². The van der Waals surface area contributed by atoms with E-state index in [0.717, 1.165) is 109 Å². The first kappa shape index (κ1) is 58.3. The fourth-order valence-corrected chi connectivity index (χ4v) is 6.52. The van der Waals surface area contributed by atoms with Gasteiger partial charge in [-0.15, -0.1) is 0 Å². The predicted molar refractivity (Wildman–Crippen MR) is 265 cm³/mol. The molecule has 0 bridgehead atoms. The number of hydrogen-bond acceptors (Lipinski definition) is 6. The molecule has 0 heterocycles. The van der Waals surface area contributed by atoms with E-state index in [9.17, 15) is 14.4 Å². The van der Waals surface area contributed by atoms with Crippen LogP contribution in [0.5, 0.6) is 0 Å². The van der Waals surface area contributed by atoms with Crippen LogP contribution in [0.3, 0.4) is 0 Å². The van der Waals surface area contributed by atoms with Gasteiger partial charge in [0.1, 0.15) is 13.2 Å². The lowest BCUT2D eigenvalue weighted by molar-refractivity contribution is -0.166. The molecule has 0 radical (unpaired) electrons. The van der Waals surface area contributed by atoms with E-state index in [1.54, 1.807) is 0 Å². The summed E-state index contributed by atoms with van der Waals surface area (Å²) >= 11 is 0. The lowest BCUT2D eigenvalue weighted by Gasteiger charge is -2.18. The third-order valence-corrected chi connectivity index (χ3v) is 10.3. The lowest BCUT2D eigenvalue weighted by atomic mass is 10.1. The molecule has 0 saturated heterocycles. The van der Waals surface area contributed by atoms with E-state index in [1.807, 2.05) is 12.2 Å². The highest BCUT2D eigenvalue weighted by Gasteiger charge is 2.19. The highest BCUT2D eigenvalue weighted by molar-refractivity contribution is 5.71. The van der Waals surface area contributed by atoms with Crippen molar-refractivity contribution in [3.05, 3.63) is 97.2 Å². The third kappa shape index (κ3) is 47.4. The Balaban J connectivity index is 4.50. The van der Waals surface area contributed by atoms with Crippen LogP contribution in [0, 0.1) is 0 Å². The number of unbranched alkanes of at least 4 members (excludes halogenated alkanes) is 18. The number of rotatable bonds is 44. The van der Waals surface area contributed by atoms with Gasteiger partial charge in [-0.3, -0.25) is 14.4 Å². The fourth-order valence-electron chi connectivity index (χ4n) is 6.52. The number of allylic oxidation sites excluding steroid dienone is 16. The van der Waals surface area contributed by atoms with Crippen molar-refractivity contribution in [2.75, 3.05) is 13.2 Å².